The summed E-state index contributed by atoms with van der Waals surface area (Å²) in [6.07, 6.45) is 2.54. The van der Waals surface area contributed by atoms with E-state index in [-0.39, 0.29) is 5.91 Å². The SMILES string of the molecule is CCCC(C)CC(=O)NO. The second-order valence-electron chi connectivity index (χ2n) is 2.63. The molecular formula is C7H15NO2. The number of rotatable bonds is 4. The van der Waals surface area contributed by atoms with Crippen LogP contribution in [0.2, 0.25) is 0 Å². The molecule has 3 heteroatoms. The number of amides is 1. The molecule has 1 unspecified atom stereocenters. The number of carbonyl (C=O) groups excluding carboxylic acids is 1. The monoisotopic (exact) mass is 145 g/mol. The number of hydroxylamine groups is 1. The van der Waals surface area contributed by atoms with Crippen LogP contribution in [-0.4, -0.2) is 11.1 Å². The molecule has 0 aliphatic carbocycles. The maximum atomic E-state index is 10.5. The lowest BCUT2D eigenvalue weighted by molar-refractivity contribution is -0.130. The molecule has 0 aromatic carbocycles. The Balaban J connectivity index is 3.37. The number of nitrogens with one attached hydrogen (secondary N) is 1. The first kappa shape index (κ1) is 9.43. The number of hydrogen-bond donors (Lipinski definition) is 2. The summed E-state index contributed by atoms with van der Waals surface area (Å²) in [6.45, 7) is 4.08. The lowest BCUT2D eigenvalue weighted by atomic mass is 10.0. The van der Waals surface area contributed by atoms with Gasteiger partial charge in [0.25, 0.3) is 0 Å². The molecule has 3 nitrogen and oxygen atoms in total. The van der Waals surface area contributed by atoms with Crippen LogP contribution < -0.4 is 5.48 Å². The molecule has 0 aromatic heterocycles. The van der Waals surface area contributed by atoms with Gasteiger partial charge in [0.1, 0.15) is 0 Å². The topological polar surface area (TPSA) is 49.3 Å². The highest BCUT2D eigenvalue weighted by atomic mass is 16.5. The van der Waals surface area contributed by atoms with Crippen LogP contribution in [0, 0.1) is 5.92 Å². The van der Waals surface area contributed by atoms with Gasteiger partial charge in [0.15, 0.2) is 0 Å². The Bertz CT molecular complexity index is 104. The van der Waals surface area contributed by atoms with Gasteiger partial charge < -0.3 is 0 Å². The van der Waals surface area contributed by atoms with Crippen LogP contribution in [0.15, 0.2) is 0 Å². The van der Waals surface area contributed by atoms with Crippen molar-refractivity contribution < 1.29 is 10.0 Å². The van der Waals surface area contributed by atoms with Crippen molar-refractivity contribution in [1.82, 2.24) is 5.48 Å². The summed E-state index contributed by atoms with van der Waals surface area (Å²) in [7, 11) is 0. The van der Waals surface area contributed by atoms with Crippen molar-refractivity contribution in [3.05, 3.63) is 0 Å². The van der Waals surface area contributed by atoms with E-state index >= 15 is 0 Å². The van der Waals surface area contributed by atoms with E-state index in [1.165, 1.54) is 0 Å². The third-order valence-electron chi connectivity index (χ3n) is 1.44. The lowest BCUT2D eigenvalue weighted by Gasteiger charge is -2.06. The van der Waals surface area contributed by atoms with Crippen molar-refractivity contribution in [2.45, 2.75) is 33.1 Å². The molecular weight excluding hydrogens is 130 g/mol. The van der Waals surface area contributed by atoms with Gasteiger partial charge in [0.05, 0.1) is 0 Å². The minimum Gasteiger partial charge on any atom is -0.289 e. The van der Waals surface area contributed by atoms with Crippen molar-refractivity contribution in [3.8, 4) is 0 Å². The molecule has 10 heavy (non-hydrogen) atoms. The summed E-state index contributed by atoms with van der Waals surface area (Å²) in [5.41, 5.74) is 1.62. The molecule has 0 fully saturated rings. The van der Waals surface area contributed by atoms with Crippen LogP contribution >= 0.6 is 0 Å². The third-order valence-corrected chi connectivity index (χ3v) is 1.44. The van der Waals surface area contributed by atoms with Gasteiger partial charge in [-0.2, -0.15) is 0 Å². The fourth-order valence-corrected chi connectivity index (χ4v) is 0.957. The normalized spacial score (nSPS) is 12.7. The molecule has 2 N–H and O–H groups in total. The Labute approximate surface area is 61.4 Å². The molecule has 1 amide bonds. The second kappa shape index (κ2) is 5.23. The maximum Gasteiger partial charge on any atom is 0.243 e. The Kier molecular flexibility index (Phi) is 4.94. The van der Waals surface area contributed by atoms with E-state index in [4.69, 9.17) is 5.21 Å². The highest BCUT2D eigenvalue weighted by molar-refractivity contribution is 5.74. The quantitative estimate of drug-likeness (QED) is 0.463. The molecule has 0 saturated heterocycles. The minimum atomic E-state index is -0.291. The summed E-state index contributed by atoms with van der Waals surface area (Å²) in [5, 5.41) is 8.15. The van der Waals surface area contributed by atoms with Crippen molar-refractivity contribution in [2.24, 2.45) is 5.92 Å². The first-order valence-electron chi connectivity index (χ1n) is 3.63. The smallest absolute Gasteiger partial charge is 0.243 e. The highest BCUT2D eigenvalue weighted by Crippen LogP contribution is 2.08. The van der Waals surface area contributed by atoms with Crippen molar-refractivity contribution >= 4 is 5.91 Å². The average Bonchev–Trinajstić information content (AvgIpc) is 1.88. The Morgan fingerprint density at radius 2 is 2.30 bits per heavy atom. The van der Waals surface area contributed by atoms with Gasteiger partial charge in [0.2, 0.25) is 5.91 Å². The first-order chi connectivity index (χ1) is 4.70. The first-order valence-corrected chi connectivity index (χ1v) is 3.63. The van der Waals surface area contributed by atoms with Gasteiger partial charge in [-0.05, 0) is 5.92 Å². The van der Waals surface area contributed by atoms with E-state index in [1.807, 2.05) is 6.92 Å². The van der Waals surface area contributed by atoms with E-state index in [2.05, 4.69) is 6.92 Å². The molecule has 0 radical (unpaired) electrons. The molecule has 1 atom stereocenters. The fraction of sp³-hybridized carbons (Fsp3) is 0.857. The molecule has 0 heterocycles. The fourth-order valence-electron chi connectivity index (χ4n) is 0.957. The molecule has 0 aromatic rings. The van der Waals surface area contributed by atoms with Crippen LogP contribution in [0.25, 0.3) is 0 Å². The zero-order valence-electron chi connectivity index (χ0n) is 6.55. The highest BCUT2D eigenvalue weighted by Gasteiger charge is 2.05. The van der Waals surface area contributed by atoms with Gasteiger partial charge in [-0.3, -0.25) is 10.0 Å². The Hall–Kier alpha value is -0.570. The zero-order chi connectivity index (χ0) is 7.98. The zero-order valence-corrected chi connectivity index (χ0v) is 6.55. The Morgan fingerprint density at radius 3 is 2.70 bits per heavy atom. The molecule has 0 bridgehead atoms. The van der Waals surface area contributed by atoms with E-state index in [0.717, 1.165) is 12.8 Å². The molecule has 0 aliphatic heterocycles. The standard InChI is InChI=1S/C7H15NO2/c1-3-4-6(2)5-7(9)8-10/h6,10H,3-5H2,1-2H3,(H,8,9). The van der Waals surface area contributed by atoms with Crippen LogP contribution in [0.1, 0.15) is 33.1 Å². The summed E-state index contributed by atoms with van der Waals surface area (Å²) in [5.74, 6) is 0.0816. The molecule has 0 saturated carbocycles. The van der Waals surface area contributed by atoms with Gasteiger partial charge in [0, 0.05) is 6.42 Å². The predicted octanol–water partition coefficient (Wildman–Crippen LogP) is 1.32. The van der Waals surface area contributed by atoms with Crippen molar-refractivity contribution in [2.75, 3.05) is 0 Å². The summed E-state index contributed by atoms with van der Waals surface area (Å²) >= 11 is 0. The molecule has 0 spiro atoms. The van der Waals surface area contributed by atoms with Crippen molar-refractivity contribution in [3.63, 3.8) is 0 Å². The van der Waals surface area contributed by atoms with Crippen molar-refractivity contribution in [1.29, 1.82) is 0 Å². The largest absolute Gasteiger partial charge is 0.289 e. The van der Waals surface area contributed by atoms with Crippen LogP contribution in [0.4, 0.5) is 0 Å². The van der Waals surface area contributed by atoms with Gasteiger partial charge >= 0.3 is 0 Å². The summed E-state index contributed by atoms with van der Waals surface area (Å²) in [6, 6.07) is 0. The Morgan fingerprint density at radius 1 is 1.70 bits per heavy atom. The van der Waals surface area contributed by atoms with E-state index in [1.54, 1.807) is 5.48 Å². The third kappa shape index (κ3) is 4.32. The van der Waals surface area contributed by atoms with Crippen LogP contribution in [-0.2, 0) is 4.79 Å². The molecule has 0 aliphatic rings. The van der Waals surface area contributed by atoms with E-state index < -0.39 is 0 Å². The molecule has 0 rings (SSSR count). The number of hydrogen-bond acceptors (Lipinski definition) is 2. The van der Waals surface area contributed by atoms with E-state index in [0.29, 0.717) is 12.3 Å². The van der Waals surface area contributed by atoms with Crippen LogP contribution in [0.5, 0.6) is 0 Å². The van der Waals surface area contributed by atoms with E-state index in [9.17, 15) is 4.79 Å². The average molecular weight is 145 g/mol. The summed E-state index contributed by atoms with van der Waals surface area (Å²) < 4.78 is 0. The molecule has 60 valence electrons. The number of carbonyl (C=O) groups is 1. The lowest BCUT2D eigenvalue weighted by Crippen LogP contribution is -2.20. The predicted molar refractivity (Wildman–Crippen MR) is 38.6 cm³/mol. The van der Waals surface area contributed by atoms with Gasteiger partial charge in [-0.1, -0.05) is 26.7 Å². The van der Waals surface area contributed by atoms with Gasteiger partial charge in [-0.25, -0.2) is 5.48 Å². The second-order valence-corrected chi connectivity index (χ2v) is 2.63. The van der Waals surface area contributed by atoms with Crippen LogP contribution in [0.3, 0.4) is 0 Å². The summed E-state index contributed by atoms with van der Waals surface area (Å²) in [4.78, 5) is 10.5. The maximum absolute atomic E-state index is 10.5. The van der Waals surface area contributed by atoms with Gasteiger partial charge in [-0.15, -0.1) is 0 Å². The minimum absolute atomic E-state index is 0.291.